The molecule has 3 aromatic rings. The lowest BCUT2D eigenvalue weighted by molar-refractivity contribution is -0.151. The quantitative estimate of drug-likeness (QED) is 0.243. The molecule has 0 spiro atoms. The van der Waals surface area contributed by atoms with Crippen LogP contribution in [0.3, 0.4) is 0 Å². The van der Waals surface area contributed by atoms with E-state index in [-0.39, 0.29) is 17.8 Å². The zero-order valence-electron chi connectivity index (χ0n) is 22.6. The first kappa shape index (κ1) is 25.0. The lowest BCUT2D eigenvalue weighted by atomic mass is 10.1. The molecule has 10 nitrogen and oxygen atoms in total. The Morgan fingerprint density at radius 3 is 2.59 bits per heavy atom. The molecule has 0 saturated carbocycles. The van der Waals surface area contributed by atoms with Gasteiger partial charge in [0.05, 0.1) is 46.5 Å². The number of carboxylic acids is 1. The van der Waals surface area contributed by atoms with Gasteiger partial charge in [0.2, 0.25) is 0 Å². The van der Waals surface area contributed by atoms with Crippen LogP contribution in [-0.2, 0) is 33.8 Å². The molecular weight excluding hydrogens is 554 g/mol. The summed E-state index contributed by atoms with van der Waals surface area (Å²) in [4.78, 5) is 34.4. The number of alkyl halides is 3. The van der Waals surface area contributed by atoms with Crippen molar-refractivity contribution in [2.75, 3.05) is 12.4 Å². The number of nitrogens with one attached hydrogen (secondary N) is 1. The molecule has 0 aliphatic carbocycles. The number of anilines is 1. The Hall–Kier alpha value is -4.33. The van der Waals surface area contributed by atoms with E-state index < -0.39 is 83.9 Å². The number of benzene rings is 2. The van der Waals surface area contributed by atoms with E-state index in [1.54, 1.807) is 0 Å². The van der Waals surface area contributed by atoms with Crippen molar-refractivity contribution in [3.05, 3.63) is 74.9 Å². The van der Waals surface area contributed by atoms with E-state index in [9.17, 15) is 31.9 Å². The molecule has 15 heteroatoms. The summed E-state index contributed by atoms with van der Waals surface area (Å²) in [6.07, 6.45) is -4.63. The van der Waals surface area contributed by atoms with E-state index in [1.165, 1.54) is 0 Å². The highest BCUT2D eigenvalue weighted by Crippen LogP contribution is 2.41. The summed E-state index contributed by atoms with van der Waals surface area (Å²) in [7, 11) is -3.03. The summed E-state index contributed by atoms with van der Waals surface area (Å²) in [6, 6.07) is 5.07. The van der Waals surface area contributed by atoms with Crippen LogP contribution in [0.5, 0.6) is 17.2 Å². The second-order valence-corrected chi connectivity index (χ2v) is 8.11. The number of carbonyl (C=O) groups excluding carboxylic acids is 1. The summed E-state index contributed by atoms with van der Waals surface area (Å²) in [5.41, 5.74) is -1.92. The van der Waals surface area contributed by atoms with Crippen molar-refractivity contribution in [2.45, 2.75) is 32.3 Å². The third kappa shape index (κ3) is 8.07. The van der Waals surface area contributed by atoms with Crippen molar-refractivity contribution < 1.29 is 50.6 Å². The van der Waals surface area contributed by atoms with Crippen LogP contribution in [0.4, 0.5) is 23.2 Å². The van der Waals surface area contributed by atoms with Gasteiger partial charge in [-0.15, -0.1) is 0 Å². The van der Waals surface area contributed by atoms with Crippen LogP contribution in [0.2, 0.25) is 5.02 Å². The second-order valence-electron chi connectivity index (χ2n) is 7.71. The Kier molecular flexibility index (Phi) is 7.99. The number of halogens is 5. The minimum absolute atomic E-state index is 0.00805. The molecule has 0 saturated heterocycles. The van der Waals surface area contributed by atoms with Crippen molar-refractivity contribution in [1.29, 1.82) is 0 Å². The molecular formula is C24H20ClF4N3O7. The number of nitrogens with zero attached hydrogens (tertiary/aromatic N) is 2. The predicted octanol–water partition coefficient (Wildman–Crippen LogP) is 4.83. The zero-order valence-corrected chi connectivity index (χ0v) is 20.3. The van der Waals surface area contributed by atoms with Crippen LogP contribution >= 0.6 is 11.6 Å². The highest BCUT2D eigenvalue weighted by molar-refractivity contribution is 6.31. The number of aliphatic carboxylic acids is 1. The minimum Gasteiger partial charge on any atom is -0.493 e. The highest BCUT2D eigenvalue weighted by Gasteiger charge is 2.34. The first-order chi connectivity index (χ1) is 19.5. The molecule has 0 atom stereocenters. The fourth-order valence-electron chi connectivity index (χ4n) is 3.05. The van der Waals surface area contributed by atoms with E-state index in [0.29, 0.717) is 12.1 Å². The van der Waals surface area contributed by atoms with Gasteiger partial charge in [-0.3, -0.25) is 14.4 Å². The number of carboxylic acid groups (broad SMARTS) is 1. The van der Waals surface area contributed by atoms with E-state index in [0.717, 1.165) is 35.1 Å². The Morgan fingerprint density at radius 1 is 1.15 bits per heavy atom. The fourth-order valence-corrected chi connectivity index (χ4v) is 3.34. The molecule has 39 heavy (non-hydrogen) atoms. The van der Waals surface area contributed by atoms with Gasteiger partial charge >= 0.3 is 18.1 Å². The largest absolute Gasteiger partial charge is 0.493 e. The normalized spacial score (nSPS) is 12.6. The maximum absolute atomic E-state index is 13.8. The number of hydrogen-bond donors (Lipinski definition) is 2. The van der Waals surface area contributed by atoms with Crippen LogP contribution in [0, 0.1) is 5.82 Å². The molecule has 2 N–H and O–H groups in total. The molecule has 0 radical (unpaired) electrons. The third-order valence-electron chi connectivity index (χ3n) is 4.93. The molecule has 1 aromatic heterocycles. The average molecular weight is 577 g/mol. The van der Waals surface area contributed by atoms with Crippen LogP contribution in [0.1, 0.15) is 28.1 Å². The standard InChI is InChI=1S/C24H20ClF4N3O7/c1-37-20-7-14(26)2-3-18(20)39-19-9-16(24(27,28)29)17(25)6-13(19)10-30-15-8-21(33)32(31-11-15)12-38-23(36)5-4-22(34)35/h2-3,6-9,11,30H,4-5,10,12H2,1H3,(H,34,35)/i1D3. The number of aromatic nitrogens is 2. The average Bonchev–Trinajstić information content (AvgIpc) is 2.86. The van der Waals surface area contributed by atoms with Gasteiger partial charge in [0.25, 0.3) is 5.56 Å². The first-order valence-corrected chi connectivity index (χ1v) is 11.1. The lowest BCUT2D eigenvalue weighted by Gasteiger charge is -2.18. The molecule has 0 fully saturated rings. The summed E-state index contributed by atoms with van der Waals surface area (Å²) < 4.78 is 92.1. The predicted molar refractivity (Wildman–Crippen MR) is 128 cm³/mol. The van der Waals surface area contributed by atoms with Crippen LogP contribution in [0.15, 0.2) is 47.4 Å². The molecule has 3 rings (SSSR count). The number of ether oxygens (including phenoxy) is 3. The summed E-state index contributed by atoms with van der Waals surface area (Å²) in [6.45, 7) is -0.887. The number of carbonyl (C=O) groups is 2. The molecule has 0 aliphatic rings. The first-order valence-electron chi connectivity index (χ1n) is 12.3. The van der Waals surface area contributed by atoms with Gasteiger partial charge < -0.3 is 24.6 Å². The van der Waals surface area contributed by atoms with Gasteiger partial charge in [0.1, 0.15) is 11.6 Å². The van der Waals surface area contributed by atoms with Gasteiger partial charge in [0, 0.05) is 24.2 Å². The fraction of sp³-hybridized carbons (Fsp3) is 0.250. The molecule has 0 aliphatic heterocycles. The lowest BCUT2D eigenvalue weighted by Crippen LogP contribution is -2.25. The number of rotatable bonds is 11. The Labute approximate surface area is 226 Å². The monoisotopic (exact) mass is 576 g/mol. The molecule has 0 bridgehead atoms. The Bertz CT molecular complexity index is 1530. The summed E-state index contributed by atoms with van der Waals surface area (Å²) in [5.74, 6) is -4.43. The summed E-state index contributed by atoms with van der Waals surface area (Å²) in [5, 5.41) is 14.4. The van der Waals surface area contributed by atoms with Crippen molar-refractivity contribution in [2.24, 2.45) is 0 Å². The number of methoxy groups -OCH3 is 1. The van der Waals surface area contributed by atoms with Crippen LogP contribution < -0.4 is 20.3 Å². The van der Waals surface area contributed by atoms with E-state index in [2.05, 4.69) is 10.4 Å². The number of esters is 1. The van der Waals surface area contributed by atoms with E-state index >= 15 is 0 Å². The molecule has 208 valence electrons. The molecule has 2 aromatic carbocycles. The van der Waals surface area contributed by atoms with Gasteiger partial charge in [-0.05, 0) is 24.3 Å². The Balaban J connectivity index is 1.85. The molecule has 1 heterocycles. The van der Waals surface area contributed by atoms with E-state index in [1.807, 2.05) is 0 Å². The van der Waals surface area contributed by atoms with Crippen molar-refractivity contribution in [3.63, 3.8) is 0 Å². The SMILES string of the molecule is [2H]C([2H])([2H])Oc1cc(F)ccc1Oc1cc(C(F)(F)F)c(Cl)cc1CNc1cnn(COC(=O)CCC(=O)O)c(=O)c1. The van der Waals surface area contributed by atoms with Crippen LogP contribution in [0.25, 0.3) is 0 Å². The molecule has 0 unspecified atom stereocenters. The third-order valence-corrected chi connectivity index (χ3v) is 5.25. The van der Waals surface area contributed by atoms with Crippen molar-refractivity contribution in [1.82, 2.24) is 9.78 Å². The van der Waals surface area contributed by atoms with Gasteiger partial charge in [-0.25, -0.2) is 4.39 Å². The van der Waals surface area contributed by atoms with Gasteiger partial charge in [-0.1, -0.05) is 11.6 Å². The Morgan fingerprint density at radius 2 is 1.92 bits per heavy atom. The summed E-state index contributed by atoms with van der Waals surface area (Å²) >= 11 is 5.86. The van der Waals surface area contributed by atoms with Gasteiger partial charge in [-0.2, -0.15) is 23.0 Å². The topological polar surface area (TPSA) is 129 Å². The second kappa shape index (κ2) is 12.5. The van der Waals surface area contributed by atoms with Crippen LogP contribution in [-0.4, -0.2) is 33.9 Å². The van der Waals surface area contributed by atoms with Gasteiger partial charge in [0.15, 0.2) is 18.2 Å². The van der Waals surface area contributed by atoms with E-state index in [4.69, 9.17) is 35.0 Å². The zero-order chi connectivity index (χ0) is 31.2. The van der Waals surface area contributed by atoms with Crippen molar-refractivity contribution >= 4 is 29.2 Å². The highest BCUT2D eigenvalue weighted by atomic mass is 35.5. The maximum Gasteiger partial charge on any atom is 0.417 e. The maximum atomic E-state index is 13.8. The molecule has 0 amide bonds. The number of hydrogen-bond acceptors (Lipinski definition) is 8. The minimum atomic E-state index is -4.90. The smallest absolute Gasteiger partial charge is 0.417 e. The van der Waals surface area contributed by atoms with Crippen molar-refractivity contribution in [3.8, 4) is 17.2 Å².